The van der Waals surface area contributed by atoms with Gasteiger partial charge in [0, 0.05) is 102 Å². The molecule has 4 aliphatic heterocycles. The molecule has 2 N–H and O–H groups in total. The SMILES string of the molecule is CC=C=Cc1oc(C(=O)NCC(C)CC2CCN(C(=O)C3CC(OC4C(CNC(=O)c5cc6c(o5)C=NCC6)C45CCN(C(=O)CCC(=O)N(C)C)CC5)N(C)C3)CC2)cc1C. The summed E-state index contributed by atoms with van der Waals surface area (Å²) in [5.41, 5.74) is 4.65. The summed E-state index contributed by atoms with van der Waals surface area (Å²) >= 11 is 0. The van der Waals surface area contributed by atoms with E-state index in [0.29, 0.717) is 68.9 Å². The van der Waals surface area contributed by atoms with Gasteiger partial charge in [-0.2, -0.15) is 0 Å². The number of ether oxygens (including phenoxy) is 1. The number of furan rings is 2. The van der Waals surface area contributed by atoms with Crippen molar-refractivity contribution in [2.45, 2.75) is 90.9 Å². The molecule has 15 heteroatoms. The lowest BCUT2D eigenvalue weighted by Crippen LogP contribution is -2.42. The quantitative estimate of drug-likeness (QED) is 0.245. The second-order valence-corrected chi connectivity index (χ2v) is 18.5. The Bertz CT molecular complexity index is 2060. The number of fused-ring (bicyclic) bond motifs is 1. The Balaban J connectivity index is 0.894. The molecule has 0 bridgehead atoms. The zero-order valence-electron chi connectivity index (χ0n) is 37.4. The molecule has 5 unspecified atom stereocenters. The highest BCUT2D eigenvalue weighted by molar-refractivity contribution is 5.93. The van der Waals surface area contributed by atoms with Crippen molar-refractivity contribution in [2.75, 3.05) is 73.5 Å². The van der Waals surface area contributed by atoms with Crippen LogP contribution in [0, 0.1) is 36.0 Å². The molecule has 62 heavy (non-hydrogen) atoms. The molecule has 3 saturated heterocycles. The first-order chi connectivity index (χ1) is 29.8. The zero-order valence-corrected chi connectivity index (χ0v) is 37.4. The zero-order chi connectivity index (χ0) is 44.1. The Kier molecular flexibility index (Phi) is 14.2. The predicted octanol–water partition coefficient (Wildman–Crippen LogP) is 4.54. The largest absolute Gasteiger partial charge is 0.451 e. The molecule has 1 saturated carbocycles. The van der Waals surface area contributed by atoms with E-state index in [0.717, 1.165) is 62.7 Å². The van der Waals surface area contributed by atoms with Gasteiger partial charge in [-0.3, -0.25) is 33.9 Å². The highest BCUT2D eigenvalue weighted by Gasteiger charge is 2.66. The molecule has 15 nitrogen and oxygen atoms in total. The Morgan fingerprint density at radius 3 is 2.45 bits per heavy atom. The molecule has 5 atom stereocenters. The standard InChI is InChI=1S/C47H65N7O8/c1-7-8-9-36-31(3)23-37(60-36)44(57)49-26-30(2)22-32-13-18-54(19-14-32)46(59)34-25-42(52(6)29-34)62-43-35(27-50-45(58)38-24-33-12-17-48-28-39(33)61-38)47(43)15-20-53(21-16-47)41(56)11-10-40(55)51(4)5/h7,9,23-24,28,30,32,34-35,42-43H,10-22,25-27,29H2,1-6H3,(H,49,57)(H,50,58). The van der Waals surface area contributed by atoms with Gasteiger partial charge in [0.1, 0.15) is 17.7 Å². The third-order valence-corrected chi connectivity index (χ3v) is 13.9. The second-order valence-electron chi connectivity index (χ2n) is 18.5. The maximum absolute atomic E-state index is 13.9. The predicted molar refractivity (Wildman–Crippen MR) is 233 cm³/mol. The van der Waals surface area contributed by atoms with Gasteiger partial charge >= 0.3 is 0 Å². The molecule has 5 amide bonds. The topological polar surface area (TPSA) is 170 Å². The van der Waals surface area contributed by atoms with Gasteiger partial charge in [0.15, 0.2) is 11.5 Å². The molecule has 336 valence electrons. The van der Waals surface area contributed by atoms with Crippen molar-refractivity contribution in [1.82, 2.24) is 30.2 Å². The summed E-state index contributed by atoms with van der Waals surface area (Å²) in [5.74, 6) is 2.09. The highest BCUT2D eigenvalue weighted by atomic mass is 16.5. The Hall–Kier alpha value is -4.98. The molecular weight excluding hydrogens is 791 g/mol. The normalized spacial score (nSPS) is 23.6. The van der Waals surface area contributed by atoms with Crippen LogP contribution in [-0.2, 0) is 25.5 Å². The molecule has 7 rings (SSSR count). The monoisotopic (exact) mass is 855 g/mol. The van der Waals surface area contributed by atoms with Gasteiger partial charge in [-0.1, -0.05) is 6.92 Å². The second kappa shape index (κ2) is 19.6. The van der Waals surface area contributed by atoms with Crippen LogP contribution in [0.2, 0.25) is 0 Å². The lowest BCUT2D eigenvalue weighted by molar-refractivity contribution is -0.137. The van der Waals surface area contributed by atoms with Crippen molar-refractivity contribution in [3.8, 4) is 0 Å². The molecule has 2 aromatic heterocycles. The first-order valence-electron chi connectivity index (χ1n) is 22.5. The van der Waals surface area contributed by atoms with Gasteiger partial charge in [0.2, 0.25) is 17.7 Å². The summed E-state index contributed by atoms with van der Waals surface area (Å²) < 4.78 is 18.5. The summed E-state index contributed by atoms with van der Waals surface area (Å²) in [6.45, 7) is 10.8. The summed E-state index contributed by atoms with van der Waals surface area (Å²) in [6, 6.07) is 3.56. The summed E-state index contributed by atoms with van der Waals surface area (Å²) in [6.07, 6.45) is 10.8. The molecule has 0 radical (unpaired) electrons. The Morgan fingerprint density at radius 1 is 1.02 bits per heavy atom. The number of rotatable bonds is 15. The number of nitrogens with one attached hydrogen (secondary N) is 2. The number of aryl methyl sites for hydroxylation is 1. The molecule has 5 aliphatic rings. The minimum Gasteiger partial charge on any atom is -0.451 e. The third-order valence-electron chi connectivity index (χ3n) is 13.9. The number of piperidine rings is 2. The van der Waals surface area contributed by atoms with Gasteiger partial charge in [-0.15, -0.1) is 5.73 Å². The van der Waals surface area contributed by atoms with Crippen LogP contribution in [0.5, 0.6) is 0 Å². The molecule has 1 aliphatic carbocycles. The van der Waals surface area contributed by atoms with Crippen molar-refractivity contribution in [1.29, 1.82) is 0 Å². The molecule has 0 aromatic carbocycles. The van der Waals surface area contributed by atoms with E-state index >= 15 is 0 Å². The van der Waals surface area contributed by atoms with Gasteiger partial charge in [0.25, 0.3) is 11.8 Å². The van der Waals surface area contributed by atoms with Crippen LogP contribution in [0.25, 0.3) is 6.08 Å². The number of carbonyl (C=O) groups is 5. The minimum atomic E-state index is -0.270. The first kappa shape index (κ1) is 45.1. The molecule has 1 spiro atoms. The first-order valence-corrected chi connectivity index (χ1v) is 22.5. The maximum Gasteiger partial charge on any atom is 0.287 e. The average molecular weight is 856 g/mol. The van der Waals surface area contributed by atoms with Gasteiger partial charge in [-0.05, 0) is 101 Å². The van der Waals surface area contributed by atoms with Crippen molar-refractivity contribution in [3.63, 3.8) is 0 Å². The van der Waals surface area contributed by atoms with E-state index < -0.39 is 0 Å². The highest BCUT2D eigenvalue weighted by Crippen LogP contribution is 2.61. The van der Waals surface area contributed by atoms with Crippen LogP contribution >= 0.6 is 0 Å². The minimum absolute atomic E-state index is 0.0176. The van der Waals surface area contributed by atoms with E-state index in [2.05, 4.69) is 33.2 Å². The molecule has 4 fully saturated rings. The molecule has 6 heterocycles. The van der Waals surface area contributed by atoms with Crippen LogP contribution in [-0.4, -0.2) is 141 Å². The average Bonchev–Trinajstić information content (AvgIpc) is 3.69. The van der Waals surface area contributed by atoms with E-state index in [1.807, 2.05) is 30.7 Å². The van der Waals surface area contributed by atoms with Crippen molar-refractivity contribution < 1.29 is 37.5 Å². The van der Waals surface area contributed by atoms with E-state index in [1.165, 1.54) is 4.90 Å². The van der Waals surface area contributed by atoms with Crippen LogP contribution in [0.1, 0.15) is 109 Å². The molecular formula is C47H65N7O8. The lowest BCUT2D eigenvalue weighted by atomic mass is 9.87. The summed E-state index contributed by atoms with van der Waals surface area (Å²) in [7, 11) is 5.40. The number of allylic oxidation sites excluding steroid dienone is 1. The maximum atomic E-state index is 13.9. The smallest absolute Gasteiger partial charge is 0.287 e. The van der Waals surface area contributed by atoms with Crippen molar-refractivity contribution >= 4 is 41.8 Å². The van der Waals surface area contributed by atoms with E-state index in [4.69, 9.17) is 13.6 Å². The fourth-order valence-electron chi connectivity index (χ4n) is 10.0. The van der Waals surface area contributed by atoms with E-state index in [1.54, 1.807) is 44.6 Å². The summed E-state index contributed by atoms with van der Waals surface area (Å²) in [4.78, 5) is 77.1. The number of aliphatic imine (C=N–C) groups is 1. The molecule has 2 aromatic rings. The van der Waals surface area contributed by atoms with Crippen LogP contribution in [0.3, 0.4) is 0 Å². The fourth-order valence-corrected chi connectivity index (χ4v) is 10.0. The van der Waals surface area contributed by atoms with Gasteiger partial charge in [-0.25, -0.2) is 0 Å². The van der Waals surface area contributed by atoms with Crippen LogP contribution < -0.4 is 10.6 Å². The third kappa shape index (κ3) is 10.3. The van der Waals surface area contributed by atoms with Gasteiger partial charge < -0.3 is 38.9 Å². The van der Waals surface area contributed by atoms with Crippen molar-refractivity contribution in [3.05, 3.63) is 58.1 Å². The Labute approximate surface area is 365 Å². The lowest BCUT2D eigenvalue weighted by Gasteiger charge is -2.34. The van der Waals surface area contributed by atoms with Gasteiger partial charge in [0.05, 0.1) is 18.2 Å². The summed E-state index contributed by atoms with van der Waals surface area (Å²) in [5, 5.41) is 6.15. The number of amides is 5. The fraction of sp³-hybridized carbons (Fsp3) is 0.638. The number of carbonyl (C=O) groups excluding carboxylic acids is 5. The number of nitrogens with zero attached hydrogens (tertiary/aromatic N) is 5. The number of likely N-dealkylation sites (tertiary alicyclic amines) is 3. The number of hydrogen-bond donors (Lipinski definition) is 2. The Morgan fingerprint density at radius 2 is 1.74 bits per heavy atom. The van der Waals surface area contributed by atoms with Crippen LogP contribution in [0.4, 0.5) is 0 Å². The van der Waals surface area contributed by atoms with Crippen molar-refractivity contribution in [2.24, 2.45) is 34.1 Å². The van der Waals surface area contributed by atoms with E-state index in [-0.39, 0.29) is 83.6 Å². The van der Waals surface area contributed by atoms with Crippen LogP contribution in [0.15, 0.2) is 37.8 Å². The number of hydrogen-bond acceptors (Lipinski definition) is 10. The van der Waals surface area contributed by atoms with E-state index in [9.17, 15) is 24.0 Å².